The van der Waals surface area contributed by atoms with Crippen LogP contribution in [0, 0.1) is 11.3 Å². The number of ether oxygens (including phenoxy) is 1. The van der Waals surface area contributed by atoms with E-state index in [2.05, 4.69) is 33.9 Å². The summed E-state index contributed by atoms with van der Waals surface area (Å²) in [5, 5.41) is 0.0811. The molecule has 0 aliphatic heterocycles. The lowest BCUT2D eigenvalue weighted by Crippen LogP contribution is -2.41. The van der Waals surface area contributed by atoms with Gasteiger partial charge in [-0.15, -0.1) is 0 Å². The van der Waals surface area contributed by atoms with Crippen LogP contribution in [0.5, 0.6) is 0 Å². The Morgan fingerprint density at radius 2 is 1.87 bits per heavy atom. The van der Waals surface area contributed by atoms with E-state index >= 15 is 0 Å². The largest absolute Gasteiger partial charge is 0.465 e. The molecule has 8 heteroatoms. The minimum atomic E-state index is -3.60. The fourth-order valence-corrected chi connectivity index (χ4v) is 3.57. The van der Waals surface area contributed by atoms with Gasteiger partial charge in [0.1, 0.15) is 0 Å². The lowest BCUT2D eigenvalue weighted by atomic mass is 10.1. The first-order valence-corrected chi connectivity index (χ1v) is 12.6. The Balaban J connectivity index is 2.75. The van der Waals surface area contributed by atoms with Gasteiger partial charge in [0.05, 0.1) is 24.9 Å². The lowest BCUT2D eigenvalue weighted by molar-refractivity contribution is -0.151. The van der Waals surface area contributed by atoms with E-state index in [4.69, 9.17) is 13.3 Å². The van der Waals surface area contributed by atoms with E-state index in [9.17, 15) is 13.2 Å². The number of hydrogen-bond acceptors (Lipinski definition) is 6. The molecule has 0 N–H and O–H groups in total. The highest BCUT2D eigenvalue weighted by Crippen LogP contribution is 2.54. The molecule has 0 aromatic heterocycles. The highest BCUT2D eigenvalue weighted by Gasteiger charge is 2.62. The van der Waals surface area contributed by atoms with E-state index in [-0.39, 0.29) is 24.2 Å². The van der Waals surface area contributed by atoms with Crippen LogP contribution in [0.1, 0.15) is 34.1 Å². The van der Waals surface area contributed by atoms with Crippen LogP contribution in [-0.4, -0.2) is 48.8 Å². The summed E-state index contributed by atoms with van der Waals surface area (Å²) in [6, 6.07) is 0. The van der Waals surface area contributed by atoms with Crippen LogP contribution in [-0.2, 0) is 28.3 Å². The molecule has 0 amide bonds. The van der Waals surface area contributed by atoms with Crippen molar-refractivity contribution in [2.45, 2.75) is 52.2 Å². The van der Waals surface area contributed by atoms with Crippen molar-refractivity contribution in [3.05, 3.63) is 0 Å². The van der Waals surface area contributed by atoms with Crippen molar-refractivity contribution in [2.24, 2.45) is 11.3 Å². The Labute approximate surface area is 141 Å². The predicted octanol–water partition coefficient (Wildman–Crippen LogP) is 2.55. The Morgan fingerprint density at radius 3 is 2.30 bits per heavy atom. The fourth-order valence-electron chi connectivity index (χ4n) is 2.10. The molecule has 2 atom stereocenters. The van der Waals surface area contributed by atoms with Crippen molar-refractivity contribution in [1.82, 2.24) is 0 Å². The number of esters is 1. The van der Waals surface area contributed by atoms with Crippen LogP contribution in [0.15, 0.2) is 0 Å². The SMILES string of the molecule is CCOC(=O)[C@@]1(COS(C)(=O)=O)C[C@@H]1CO[Si](C)(C)C(C)(C)C. The van der Waals surface area contributed by atoms with E-state index in [1.165, 1.54) is 0 Å². The molecular weight excluding hydrogens is 336 g/mol. The second-order valence-electron chi connectivity index (χ2n) is 7.82. The van der Waals surface area contributed by atoms with Crippen molar-refractivity contribution in [3.8, 4) is 0 Å². The lowest BCUT2D eigenvalue weighted by Gasteiger charge is -2.36. The summed E-state index contributed by atoms with van der Waals surface area (Å²) in [5.74, 6) is -0.454. The van der Waals surface area contributed by atoms with Crippen LogP contribution in [0.3, 0.4) is 0 Å². The third kappa shape index (κ3) is 5.27. The molecule has 0 aromatic carbocycles. The normalized spacial score (nSPS) is 25.3. The Hall–Kier alpha value is -0.443. The van der Waals surface area contributed by atoms with Crippen LogP contribution in [0.25, 0.3) is 0 Å². The van der Waals surface area contributed by atoms with Gasteiger partial charge in [-0.25, -0.2) is 0 Å². The van der Waals surface area contributed by atoms with Gasteiger partial charge in [0.15, 0.2) is 8.32 Å². The summed E-state index contributed by atoms with van der Waals surface area (Å²) in [6.45, 7) is 13.0. The molecule has 6 nitrogen and oxygen atoms in total. The van der Waals surface area contributed by atoms with Gasteiger partial charge in [0.25, 0.3) is 10.1 Å². The van der Waals surface area contributed by atoms with Gasteiger partial charge in [0, 0.05) is 12.5 Å². The van der Waals surface area contributed by atoms with Crippen LogP contribution < -0.4 is 0 Å². The zero-order valence-corrected chi connectivity index (χ0v) is 17.1. The molecule has 0 radical (unpaired) electrons. The molecule has 136 valence electrons. The Kier molecular flexibility index (Phi) is 6.11. The third-order valence-corrected chi connectivity index (χ3v) is 9.94. The van der Waals surface area contributed by atoms with Crippen molar-refractivity contribution >= 4 is 24.4 Å². The van der Waals surface area contributed by atoms with E-state index in [1.807, 2.05) is 0 Å². The molecule has 1 fully saturated rings. The highest BCUT2D eigenvalue weighted by atomic mass is 32.2. The van der Waals surface area contributed by atoms with Crippen LogP contribution in [0.4, 0.5) is 0 Å². The maximum Gasteiger partial charge on any atom is 0.314 e. The summed E-state index contributed by atoms with van der Waals surface area (Å²) >= 11 is 0. The van der Waals surface area contributed by atoms with Crippen LogP contribution >= 0.6 is 0 Å². The van der Waals surface area contributed by atoms with Gasteiger partial charge in [-0.1, -0.05) is 20.8 Å². The molecule has 0 heterocycles. The fraction of sp³-hybridized carbons (Fsp3) is 0.933. The van der Waals surface area contributed by atoms with Gasteiger partial charge in [-0.2, -0.15) is 8.42 Å². The Bertz CT molecular complexity index is 537. The molecule has 1 aliphatic carbocycles. The number of carbonyl (C=O) groups excluding carboxylic acids is 1. The standard InChI is InChI=1S/C15H30O6SSi/c1-8-19-13(16)15(11-20-22(5,17)18)9-12(15)10-21-23(6,7)14(2,3)4/h12H,8-11H2,1-7H3/t12-,15-/m1/s1. The second-order valence-corrected chi connectivity index (χ2v) is 14.3. The van der Waals surface area contributed by atoms with E-state index in [0.717, 1.165) is 6.26 Å². The Morgan fingerprint density at radius 1 is 1.30 bits per heavy atom. The molecule has 0 bridgehead atoms. The third-order valence-electron chi connectivity index (χ3n) is 4.90. The predicted molar refractivity (Wildman–Crippen MR) is 91.1 cm³/mol. The summed E-state index contributed by atoms with van der Waals surface area (Å²) in [5.41, 5.74) is -0.887. The first-order chi connectivity index (χ1) is 10.3. The number of rotatable bonds is 8. The molecule has 0 aromatic rings. The van der Waals surface area contributed by atoms with Crippen molar-refractivity contribution in [2.75, 3.05) is 26.1 Å². The minimum absolute atomic E-state index is 0.0579. The number of carbonyl (C=O) groups is 1. The summed E-state index contributed by atoms with van der Waals surface area (Å²) < 4.78 is 38.6. The molecule has 1 rings (SSSR count). The average molecular weight is 367 g/mol. The number of hydrogen-bond donors (Lipinski definition) is 0. The average Bonchev–Trinajstić information content (AvgIpc) is 3.07. The maximum absolute atomic E-state index is 12.2. The molecule has 23 heavy (non-hydrogen) atoms. The zero-order chi connectivity index (χ0) is 18.1. The summed E-state index contributed by atoms with van der Waals surface area (Å²) in [6.07, 6.45) is 1.52. The molecule has 1 saturated carbocycles. The smallest absolute Gasteiger partial charge is 0.314 e. The van der Waals surface area contributed by atoms with E-state index < -0.39 is 29.8 Å². The minimum Gasteiger partial charge on any atom is -0.465 e. The van der Waals surface area contributed by atoms with Gasteiger partial charge in [-0.05, 0) is 31.5 Å². The van der Waals surface area contributed by atoms with Gasteiger partial charge >= 0.3 is 5.97 Å². The second kappa shape index (κ2) is 6.82. The van der Waals surface area contributed by atoms with Crippen molar-refractivity contribution in [3.63, 3.8) is 0 Å². The molecule has 1 aliphatic rings. The monoisotopic (exact) mass is 366 g/mol. The quantitative estimate of drug-likeness (QED) is 0.373. The van der Waals surface area contributed by atoms with Crippen LogP contribution in [0.2, 0.25) is 18.1 Å². The highest BCUT2D eigenvalue weighted by molar-refractivity contribution is 7.85. The van der Waals surface area contributed by atoms with Gasteiger partial charge in [0.2, 0.25) is 0 Å². The van der Waals surface area contributed by atoms with Crippen molar-refractivity contribution < 1.29 is 26.6 Å². The summed E-state index contributed by atoms with van der Waals surface area (Å²) in [4.78, 5) is 12.2. The molecule has 0 unspecified atom stereocenters. The molecule has 0 spiro atoms. The first-order valence-electron chi connectivity index (χ1n) is 7.91. The molecule has 0 saturated heterocycles. The zero-order valence-electron chi connectivity index (χ0n) is 15.3. The van der Waals surface area contributed by atoms with E-state index in [0.29, 0.717) is 13.0 Å². The van der Waals surface area contributed by atoms with Gasteiger partial charge < -0.3 is 9.16 Å². The maximum atomic E-state index is 12.2. The van der Waals surface area contributed by atoms with Crippen molar-refractivity contribution in [1.29, 1.82) is 0 Å². The van der Waals surface area contributed by atoms with E-state index in [1.54, 1.807) is 6.92 Å². The van der Waals surface area contributed by atoms with Gasteiger partial charge in [-0.3, -0.25) is 8.98 Å². The molecular formula is C15H30O6SSi. The topological polar surface area (TPSA) is 78.9 Å². The summed E-state index contributed by atoms with van der Waals surface area (Å²) in [7, 11) is -5.51. The first kappa shape index (κ1) is 20.6.